The second kappa shape index (κ2) is 12.2. The molecular weight excluding hydrogens is 222 g/mol. The Morgan fingerprint density at radius 3 is 2.06 bits per heavy atom. The minimum atomic E-state index is 0.0210. The molecule has 0 aliphatic carbocycles. The quantitative estimate of drug-likeness (QED) is 0.849. The summed E-state index contributed by atoms with van der Waals surface area (Å²) >= 11 is 0. The monoisotopic (exact) mass is 251 g/mol. The van der Waals surface area contributed by atoms with Gasteiger partial charge in [0.2, 0.25) is 0 Å². The first kappa shape index (κ1) is 19.0. The van der Waals surface area contributed by atoms with Crippen molar-refractivity contribution in [2.24, 2.45) is 0 Å². The van der Waals surface area contributed by atoms with Gasteiger partial charge in [0.1, 0.15) is 0 Å². The van der Waals surface area contributed by atoms with Crippen LogP contribution in [-0.4, -0.2) is 12.5 Å². The fourth-order valence-corrected chi connectivity index (χ4v) is 1.46. The molecule has 2 heteroatoms. The molecule has 0 unspecified atom stereocenters. The van der Waals surface area contributed by atoms with Crippen molar-refractivity contribution in [2.45, 2.75) is 54.9 Å². The average molecular weight is 251 g/mol. The Kier molecular flexibility index (Phi) is 12.9. The summed E-state index contributed by atoms with van der Waals surface area (Å²) in [5.41, 5.74) is 3.11. The van der Waals surface area contributed by atoms with Gasteiger partial charge in [-0.3, -0.25) is 4.79 Å². The number of aryl methyl sites for hydroxylation is 2. The minimum absolute atomic E-state index is 0.0210. The Balaban J connectivity index is 0. The summed E-state index contributed by atoms with van der Waals surface area (Å²) in [5, 5.41) is 2.80. The van der Waals surface area contributed by atoms with E-state index in [1.807, 2.05) is 53.7 Å². The van der Waals surface area contributed by atoms with Gasteiger partial charge in [0.15, 0.2) is 0 Å². The molecule has 1 aromatic carbocycles. The molecule has 0 heterocycles. The Hall–Kier alpha value is -1.31. The predicted octanol–water partition coefficient (Wildman–Crippen LogP) is 4.36. The van der Waals surface area contributed by atoms with E-state index in [0.29, 0.717) is 6.54 Å². The van der Waals surface area contributed by atoms with Crippen molar-refractivity contribution in [3.8, 4) is 0 Å². The van der Waals surface area contributed by atoms with Crippen LogP contribution in [0.25, 0.3) is 0 Å². The molecule has 0 spiro atoms. The van der Waals surface area contributed by atoms with E-state index in [1.165, 1.54) is 5.56 Å². The van der Waals surface area contributed by atoms with Crippen LogP contribution in [0.2, 0.25) is 0 Å². The molecule has 104 valence electrons. The van der Waals surface area contributed by atoms with E-state index in [-0.39, 0.29) is 5.91 Å². The summed E-state index contributed by atoms with van der Waals surface area (Å²) in [6.07, 6.45) is 1.01. The molecule has 0 aliphatic heterocycles. The number of hydrogen-bond acceptors (Lipinski definition) is 1. The average Bonchev–Trinajstić information content (AvgIpc) is 2.43. The van der Waals surface area contributed by atoms with Crippen molar-refractivity contribution >= 4 is 5.91 Å². The molecule has 1 N–H and O–H groups in total. The van der Waals surface area contributed by atoms with Crippen molar-refractivity contribution in [1.82, 2.24) is 5.32 Å². The fraction of sp³-hybridized carbons (Fsp3) is 0.562. The molecule has 2 nitrogen and oxygen atoms in total. The van der Waals surface area contributed by atoms with Gasteiger partial charge >= 0.3 is 0 Å². The van der Waals surface area contributed by atoms with E-state index in [1.54, 1.807) is 0 Å². The third kappa shape index (κ3) is 6.43. The van der Waals surface area contributed by atoms with E-state index < -0.39 is 0 Å². The van der Waals surface area contributed by atoms with Crippen molar-refractivity contribution < 1.29 is 4.79 Å². The first-order valence-electron chi connectivity index (χ1n) is 7.06. The fourth-order valence-electron chi connectivity index (χ4n) is 1.46. The highest BCUT2D eigenvalue weighted by molar-refractivity contribution is 5.95. The first-order chi connectivity index (χ1) is 8.69. The van der Waals surface area contributed by atoms with Crippen LogP contribution in [0.1, 0.15) is 63.0 Å². The van der Waals surface area contributed by atoms with Crippen LogP contribution in [0.4, 0.5) is 0 Å². The third-order valence-corrected chi connectivity index (χ3v) is 2.28. The Bertz CT molecular complexity index is 332. The minimum Gasteiger partial charge on any atom is -0.352 e. The van der Waals surface area contributed by atoms with Gasteiger partial charge in [0.25, 0.3) is 5.91 Å². The molecule has 1 amide bonds. The van der Waals surface area contributed by atoms with Gasteiger partial charge in [-0.15, -0.1) is 0 Å². The zero-order valence-corrected chi connectivity index (χ0v) is 13.1. The summed E-state index contributed by atoms with van der Waals surface area (Å²) in [6, 6.07) is 5.99. The highest BCUT2D eigenvalue weighted by Gasteiger charge is 2.07. The lowest BCUT2D eigenvalue weighted by Gasteiger charge is -2.07. The summed E-state index contributed by atoms with van der Waals surface area (Å²) < 4.78 is 0. The molecule has 1 aromatic rings. The maximum absolute atomic E-state index is 11.6. The molecule has 0 saturated carbocycles. The molecule has 0 fully saturated rings. The molecule has 18 heavy (non-hydrogen) atoms. The van der Waals surface area contributed by atoms with E-state index >= 15 is 0 Å². The summed E-state index contributed by atoms with van der Waals surface area (Å²) in [6.45, 7) is 14.7. The second-order valence-electron chi connectivity index (χ2n) is 3.36. The van der Waals surface area contributed by atoms with Gasteiger partial charge in [-0.1, -0.05) is 46.8 Å². The molecule has 0 aliphatic rings. The van der Waals surface area contributed by atoms with E-state index in [4.69, 9.17) is 0 Å². The molecule has 0 atom stereocenters. The van der Waals surface area contributed by atoms with Gasteiger partial charge in [0.05, 0.1) is 0 Å². The van der Waals surface area contributed by atoms with Crippen LogP contribution >= 0.6 is 0 Å². The van der Waals surface area contributed by atoms with E-state index in [2.05, 4.69) is 18.3 Å². The molecule has 0 bridgehead atoms. The largest absolute Gasteiger partial charge is 0.352 e. The number of benzene rings is 1. The highest BCUT2D eigenvalue weighted by Crippen LogP contribution is 2.11. The topological polar surface area (TPSA) is 29.1 Å². The second-order valence-corrected chi connectivity index (χ2v) is 3.36. The lowest BCUT2D eigenvalue weighted by atomic mass is 10.0. The highest BCUT2D eigenvalue weighted by atomic mass is 16.1. The summed E-state index contributed by atoms with van der Waals surface area (Å²) in [5.74, 6) is 0.0210. The lowest BCUT2D eigenvalue weighted by Crippen LogP contribution is -2.23. The lowest BCUT2D eigenvalue weighted by molar-refractivity contribution is 0.0955. The number of nitrogens with one attached hydrogen (secondary N) is 1. The van der Waals surface area contributed by atoms with Gasteiger partial charge in [-0.2, -0.15) is 0 Å². The van der Waals surface area contributed by atoms with Crippen LogP contribution in [0.5, 0.6) is 0 Å². The van der Waals surface area contributed by atoms with Gasteiger partial charge in [-0.05, 0) is 37.5 Å². The summed E-state index contributed by atoms with van der Waals surface area (Å²) in [7, 11) is 0. The van der Waals surface area contributed by atoms with Crippen molar-refractivity contribution in [3.05, 3.63) is 34.9 Å². The van der Waals surface area contributed by atoms with Crippen molar-refractivity contribution in [2.75, 3.05) is 6.54 Å². The molecule has 1 rings (SSSR count). The van der Waals surface area contributed by atoms with E-state index in [0.717, 1.165) is 17.5 Å². The number of carbonyl (C=O) groups excluding carboxylic acids is 1. The maximum Gasteiger partial charge on any atom is 0.251 e. The normalized spacial score (nSPS) is 8.39. The SMILES string of the molecule is CC.CC.CCNC(=O)c1ccc(CC)cc1C. The van der Waals surface area contributed by atoms with Crippen molar-refractivity contribution in [3.63, 3.8) is 0 Å². The first-order valence-corrected chi connectivity index (χ1v) is 7.06. The van der Waals surface area contributed by atoms with Gasteiger partial charge < -0.3 is 5.32 Å². The zero-order chi connectivity index (χ0) is 14.6. The predicted molar refractivity (Wildman–Crippen MR) is 81.3 cm³/mol. The van der Waals surface area contributed by atoms with Crippen LogP contribution in [-0.2, 0) is 6.42 Å². The number of rotatable bonds is 3. The van der Waals surface area contributed by atoms with E-state index in [9.17, 15) is 4.79 Å². The molecular formula is C16H29NO. The molecule has 0 aromatic heterocycles. The van der Waals surface area contributed by atoms with Crippen molar-refractivity contribution in [1.29, 1.82) is 0 Å². The standard InChI is InChI=1S/C12H17NO.2C2H6/c1-4-10-6-7-11(9(3)8-10)12(14)13-5-2;2*1-2/h6-8H,4-5H2,1-3H3,(H,13,14);2*1-2H3. The third-order valence-electron chi connectivity index (χ3n) is 2.28. The van der Waals surface area contributed by atoms with Gasteiger partial charge in [0, 0.05) is 12.1 Å². The smallest absolute Gasteiger partial charge is 0.251 e. The van der Waals surface area contributed by atoms with Crippen LogP contribution in [0, 0.1) is 6.92 Å². The van der Waals surface area contributed by atoms with Crippen LogP contribution in [0.15, 0.2) is 18.2 Å². The Labute approximate surface area is 113 Å². The molecule has 0 radical (unpaired) electrons. The number of amides is 1. The number of hydrogen-bond donors (Lipinski definition) is 1. The van der Waals surface area contributed by atoms with Crippen LogP contribution in [0.3, 0.4) is 0 Å². The van der Waals surface area contributed by atoms with Gasteiger partial charge in [-0.25, -0.2) is 0 Å². The summed E-state index contributed by atoms with van der Waals surface area (Å²) in [4.78, 5) is 11.6. The maximum atomic E-state index is 11.6. The zero-order valence-electron chi connectivity index (χ0n) is 13.1. The number of carbonyl (C=O) groups is 1. The Morgan fingerprint density at radius 2 is 1.67 bits per heavy atom. The molecule has 0 saturated heterocycles. The Morgan fingerprint density at radius 1 is 1.11 bits per heavy atom. The van der Waals surface area contributed by atoms with Crippen LogP contribution < -0.4 is 5.32 Å².